The number of hydrogen-bond donors (Lipinski definition) is 1. The molecular weight excluding hydrogens is 112 g/mol. The fourth-order valence-corrected chi connectivity index (χ4v) is 0.596. The standard InChI is InChI=1S/C7H18N2/c1-7(8-2)5-6-9(3)4/h7-8H,5-6H2,1-4H3. The molecule has 0 aliphatic carbocycles. The van der Waals surface area contributed by atoms with Crippen LogP contribution in [0.2, 0.25) is 0 Å². The molecule has 0 spiro atoms. The van der Waals surface area contributed by atoms with Crippen molar-refractivity contribution < 1.29 is 0 Å². The van der Waals surface area contributed by atoms with Crippen molar-refractivity contribution in [2.24, 2.45) is 0 Å². The van der Waals surface area contributed by atoms with Gasteiger partial charge in [0.25, 0.3) is 0 Å². The first-order valence-electron chi connectivity index (χ1n) is 3.48. The van der Waals surface area contributed by atoms with E-state index in [1.807, 2.05) is 7.05 Å². The first-order chi connectivity index (χ1) is 4.16. The van der Waals surface area contributed by atoms with E-state index < -0.39 is 0 Å². The topological polar surface area (TPSA) is 15.3 Å². The van der Waals surface area contributed by atoms with Crippen molar-refractivity contribution in [1.29, 1.82) is 0 Å². The van der Waals surface area contributed by atoms with Crippen molar-refractivity contribution in [2.45, 2.75) is 19.4 Å². The van der Waals surface area contributed by atoms with E-state index in [1.54, 1.807) is 0 Å². The van der Waals surface area contributed by atoms with Gasteiger partial charge in [-0.05, 0) is 41.0 Å². The van der Waals surface area contributed by atoms with Gasteiger partial charge in [0, 0.05) is 6.04 Å². The molecule has 1 unspecified atom stereocenters. The van der Waals surface area contributed by atoms with E-state index in [0.717, 1.165) is 0 Å². The van der Waals surface area contributed by atoms with Gasteiger partial charge >= 0.3 is 0 Å². The summed E-state index contributed by atoms with van der Waals surface area (Å²) in [5, 5.41) is 3.19. The lowest BCUT2D eigenvalue weighted by Crippen LogP contribution is -2.26. The number of rotatable bonds is 4. The van der Waals surface area contributed by atoms with E-state index in [0.29, 0.717) is 6.04 Å². The fraction of sp³-hybridized carbons (Fsp3) is 1.00. The Bertz CT molecular complexity index is 61.9. The maximum absolute atomic E-state index is 3.19. The van der Waals surface area contributed by atoms with Crippen molar-refractivity contribution >= 4 is 0 Å². The SMILES string of the molecule is CNC(C)CCN(C)C. The number of hydrogen-bond acceptors (Lipinski definition) is 2. The summed E-state index contributed by atoms with van der Waals surface area (Å²) in [7, 11) is 6.20. The Morgan fingerprint density at radius 2 is 2.00 bits per heavy atom. The average molecular weight is 130 g/mol. The lowest BCUT2D eigenvalue weighted by Gasteiger charge is -2.13. The Balaban J connectivity index is 3.06. The van der Waals surface area contributed by atoms with Crippen LogP contribution in [0.1, 0.15) is 13.3 Å². The second-order valence-electron chi connectivity index (χ2n) is 2.78. The third-order valence-corrected chi connectivity index (χ3v) is 1.50. The second-order valence-corrected chi connectivity index (χ2v) is 2.78. The van der Waals surface area contributed by atoms with Crippen LogP contribution < -0.4 is 5.32 Å². The molecule has 0 saturated carbocycles. The van der Waals surface area contributed by atoms with Crippen molar-refractivity contribution in [3.8, 4) is 0 Å². The highest BCUT2D eigenvalue weighted by Crippen LogP contribution is 1.89. The molecule has 0 heterocycles. The van der Waals surface area contributed by atoms with Gasteiger partial charge in [-0.15, -0.1) is 0 Å². The summed E-state index contributed by atoms with van der Waals surface area (Å²) in [6, 6.07) is 0.646. The quantitative estimate of drug-likeness (QED) is 0.597. The van der Waals surface area contributed by atoms with Crippen LogP contribution in [0, 0.1) is 0 Å². The molecule has 0 aromatic rings. The largest absolute Gasteiger partial charge is 0.317 e. The van der Waals surface area contributed by atoms with Crippen LogP contribution in [-0.2, 0) is 0 Å². The van der Waals surface area contributed by atoms with Crippen LogP contribution in [-0.4, -0.2) is 38.6 Å². The lowest BCUT2D eigenvalue weighted by atomic mass is 10.2. The monoisotopic (exact) mass is 130 g/mol. The summed E-state index contributed by atoms with van der Waals surface area (Å²) >= 11 is 0. The van der Waals surface area contributed by atoms with E-state index in [4.69, 9.17) is 0 Å². The van der Waals surface area contributed by atoms with Gasteiger partial charge < -0.3 is 10.2 Å². The van der Waals surface area contributed by atoms with Crippen LogP contribution in [0.5, 0.6) is 0 Å². The number of nitrogens with one attached hydrogen (secondary N) is 1. The molecule has 0 bridgehead atoms. The van der Waals surface area contributed by atoms with Crippen molar-refractivity contribution in [3.05, 3.63) is 0 Å². The highest BCUT2D eigenvalue weighted by Gasteiger charge is 1.96. The molecule has 0 aliphatic heterocycles. The van der Waals surface area contributed by atoms with E-state index in [1.165, 1.54) is 13.0 Å². The molecule has 9 heavy (non-hydrogen) atoms. The molecule has 0 saturated heterocycles. The maximum Gasteiger partial charge on any atom is 0.00478 e. The Labute approximate surface area is 58.2 Å². The molecular formula is C7H18N2. The molecule has 2 heteroatoms. The molecule has 0 aliphatic rings. The predicted octanol–water partition coefficient (Wildman–Crippen LogP) is 0.546. The minimum Gasteiger partial charge on any atom is -0.317 e. The van der Waals surface area contributed by atoms with Crippen LogP contribution in [0.25, 0.3) is 0 Å². The predicted molar refractivity (Wildman–Crippen MR) is 41.7 cm³/mol. The Morgan fingerprint density at radius 1 is 1.44 bits per heavy atom. The van der Waals surface area contributed by atoms with E-state index in [9.17, 15) is 0 Å². The summed E-state index contributed by atoms with van der Waals surface area (Å²) in [6.45, 7) is 3.37. The summed E-state index contributed by atoms with van der Waals surface area (Å²) in [4.78, 5) is 2.20. The van der Waals surface area contributed by atoms with Crippen LogP contribution in [0.4, 0.5) is 0 Å². The molecule has 0 aromatic carbocycles. The normalized spacial score (nSPS) is 14.3. The minimum atomic E-state index is 0.646. The zero-order valence-electron chi connectivity index (χ0n) is 6.94. The van der Waals surface area contributed by atoms with Gasteiger partial charge in [0.1, 0.15) is 0 Å². The average Bonchev–Trinajstić information content (AvgIpc) is 1.83. The van der Waals surface area contributed by atoms with E-state index >= 15 is 0 Å². The fourth-order valence-electron chi connectivity index (χ4n) is 0.596. The molecule has 1 N–H and O–H groups in total. The smallest absolute Gasteiger partial charge is 0.00478 e. The van der Waals surface area contributed by atoms with Gasteiger partial charge in [-0.3, -0.25) is 0 Å². The van der Waals surface area contributed by atoms with Gasteiger partial charge in [-0.2, -0.15) is 0 Å². The summed E-state index contributed by atoms with van der Waals surface area (Å²) < 4.78 is 0. The first-order valence-corrected chi connectivity index (χ1v) is 3.48. The second kappa shape index (κ2) is 4.77. The maximum atomic E-state index is 3.19. The summed E-state index contributed by atoms with van der Waals surface area (Å²) in [5.74, 6) is 0. The van der Waals surface area contributed by atoms with Gasteiger partial charge in [0.2, 0.25) is 0 Å². The van der Waals surface area contributed by atoms with Gasteiger partial charge in [0.05, 0.1) is 0 Å². The van der Waals surface area contributed by atoms with Gasteiger partial charge in [0.15, 0.2) is 0 Å². The number of nitrogens with zero attached hydrogens (tertiary/aromatic N) is 1. The summed E-state index contributed by atoms with van der Waals surface area (Å²) in [6.07, 6.45) is 1.23. The Hall–Kier alpha value is -0.0800. The Kier molecular flexibility index (Phi) is 4.72. The van der Waals surface area contributed by atoms with Crippen molar-refractivity contribution in [2.75, 3.05) is 27.7 Å². The molecule has 0 rings (SSSR count). The molecule has 0 amide bonds. The molecule has 56 valence electrons. The van der Waals surface area contributed by atoms with Crippen LogP contribution in [0.3, 0.4) is 0 Å². The lowest BCUT2D eigenvalue weighted by molar-refractivity contribution is 0.373. The summed E-state index contributed by atoms with van der Waals surface area (Å²) in [5.41, 5.74) is 0. The first kappa shape index (κ1) is 8.92. The highest BCUT2D eigenvalue weighted by molar-refractivity contribution is 4.57. The van der Waals surface area contributed by atoms with E-state index in [2.05, 4.69) is 31.2 Å². The van der Waals surface area contributed by atoms with Crippen LogP contribution >= 0.6 is 0 Å². The van der Waals surface area contributed by atoms with Gasteiger partial charge in [-0.1, -0.05) is 0 Å². The molecule has 2 nitrogen and oxygen atoms in total. The minimum absolute atomic E-state index is 0.646. The highest BCUT2D eigenvalue weighted by atomic mass is 15.1. The molecule has 0 fully saturated rings. The zero-order valence-corrected chi connectivity index (χ0v) is 6.94. The van der Waals surface area contributed by atoms with E-state index in [-0.39, 0.29) is 0 Å². The third-order valence-electron chi connectivity index (χ3n) is 1.50. The van der Waals surface area contributed by atoms with Gasteiger partial charge in [-0.25, -0.2) is 0 Å². The molecule has 0 radical (unpaired) electrons. The van der Waals surface area contributed by atoms with Crippen LogP contribution in [0.15, 0.2) is 0 Å². The zero-order chi connectivity index (χ0) is 7.28. The van der Waals surface area contributed by atoms with Crippen molar-refractivity contribution in [1.82, 2.24) is 10.2 Å². The Morgan fingerprint density at radius 3 is 2.33 bits per heavy atom. The molecule has 0 aromatic heterocycles. The van der Waals surface area contributed by atoms with Crippen molar-refractivity contribution in [3.63, 3.8) is 0 Å². The third kappa shape index (κ3) is 5.80. The molecule has 1 atom stereocenters.